The molecule has 2 rings (SSSR count). The maximum Gasteiger partial charge on any atom is 0.129 e. The van der Waals surface area contributed by atoms with Gasteiger partial charge in [0.25, 0.3) is 0 Å². The van der Waals surface area contributed by atoms with Gasteiger partial charge in [0, 0.05) is 23.2 Å². The number of azide groups is 1. The van der Waals surface area contributed by atoms with Crippen molar-refractivity contribution in [2.75, 3.05) is 18.4 Å². The highest BCUT2D eigenvalue weighted by molar-refractivity contribution is 5.50. The van der Waals surface area contributed by atoms with Crippen molar-refractivity contribution in [1.82, 2.24) is 4.98 Å². The van der Waals surface area contributed by atoms with Crippen LogP contribution in [-0.2, 0) is 6.42 Å². The third-order valence-electron chi connectivity index (χ3n) is 2.71. The second kappa shape index (κ2) is 5.01. The quantitative estimate of drug-likeness (QED) is 0.406. The number of aromatic nitrogens is 1. The molecule has 1 aromatic rings. The van der Waals surface area contributed by atoms with E-state index in [4.69, 9.17) is 5.53 Å². The minimum Gasteiger partial charge on any atom is -0.390 e. The van der Waals surface area contributed by atoms with Crippen molar-refractivity contribution in [3.05, 3.63) is 33.8 Å². The summed E-state index contributed by atoms with van der Waals surface area (Å²) in [6.07, 6.45) is 0.176. The van der Waals surface area contributed by atoms with Crippen molar-refractivity contribution >= 4 is 5.82 Å². The van der Waals surface area contributed by atoms with Crippen LogP contribution in [0.25, 0.3) is 10.4 Å². The van der Waals surface area contributed by atoms with Crippen molar-refractivity contribution in [2.45, 2.75) is 18.6 Å². The molecular weight excluding hydrogens is 222 g/mol. The van der Waals surface area contributed by atoms with E-state index >= 15 is 0 Å². The van der Waals surface area contributed by atoms with Gasteiger partial charge < -0.3 is 15.5 Å². The van der Waals surface area contributed by atoms with E-state index in [0.29, 0.717) is 5.56 Å². The number of aliphatic hydroxyl groups excluding tert-OH is 2. The molecule has 2 unspecified atom stereocenters. The summed E-state index contributed by atoms with van der Waals surface area (Å²) in [5.74, 6) is 0.825. The van der Waals surface area contributed by atoms with E-state index in [0.717, 1.165) is 24.3 Å². The molecule has 0 amide bonds. The molecule has 0 fully saturated rings. The molecule has 7 nitrogen and oxygen atoms in total. The Bertz CT molecular complexity index is 458. The first kappa shape index (κ1) is 11.7. The molecule has 90 valence electrons. The van der Waals surface area contributed by atoms with Gasteiger partial charge in [0.1, 0.15) is 11.9 Å². The fourth-order valence-electron chi connectivity index (χ4n) is 1.80. The minimum absolute atomic E-state index is 0.160. The van der Waals surface area contributed by atoms with Gasteiger partial charge in [-0.05, 0) is 23.6 Å². The predicted octanol–water partition coefficient (Wildman–Crippen LogP) is 0.754. The Morgan fingerprint density at radius 3 is 3.18 bits per heavy atom. The fraction of sp³-hybridized carbons (Fsp3) is 0.500. The lowest BCUT2D eigenvalue weighted by Crippen LogP contribution is -2.21. The Morgan fingerprint density at radius 1 is 1.59 bits per heavy atom. The van der Waals surface area contributed by atoms with E-state index < -0.39 is 12.2 Å². The van der Waals surface area contributed by atoms with Gasteiger partial charge in [-0.2, -0.15) is 0 Å². The van der Waals surface area contributed by atoms with Crippen LogP contribution in [-0.4, -0.2) is 34.4 Å². The lowest BCUT2D eigenvalue weighted by atomic mass is 10.0. The molecule has 0 radical (unpaired) electrons. The summed E-state index contributed by atoms with van der Waals surface area (Å²) in [6.45, 7) is 0.677. The second-order valence-corrected chi connectivity index (χ2v) is 3.88. The Labute approximate surface area is 97.7 Å². The zero-order valence-electron chi connectivity index (χ0n) is 9.11. The molecule has 1 aliphatic heterocycles. The highest BCUT2D eigenvalue weighted by atomic mass is 16.3. The second-order valence-electron chi connectivity index (χ2n) is 3.88. The topological polar surface area (TPSA) is 114 Å². The molecule has 7 heteroatoms. The van der Waals surface area contributed by atoms with Gasteiger partial charge >= 0.3 is 0 Å². The fourth-order valence-corrected chi connectivity index (χ4v) is 1.80. The lowest BCUT2D eigenvalue weighted by Gasteiger charge is -2.16. The Morgan fingerprint density at radius 2 is 2.41 bits per heavy atom. The molecule has 0 bridgehead atoms. The maximum atomic E-state index is 9.85. The first-order valence-corrected chi connectivity index (χ1v) is 5.32. The van der Waals surface area contributed by atoms with Crippen molar-refractivity contribution in [1.29, 1.82) is 0 Å². The van der Waals surface area contributed by atoms with E-state index in [9.17, 15) is 10.2 Å². The van der Waals surface area contributed by atoms with Crippen molar-refractivity contribution in [3.63, 3.8) is 0 Å². The van der Waals surface area contributed by atoms with Gasteiger partial charge in [-0.1, -0.05) is 5.11 Å². The molecule has 2 heterocycles. The van der Waals surface area contributed by atoms with Gasteiger partial charge in [-0.3, -0.25) is 0 Å². The standard InChI is InChI=1S/C10H13N5O2/c11-15-14-5-8(16)9(17)7-3-6-1-2-12-10(6)13-4-7/h3-4,8-9,16-17H,1-2,5H2,(H,12,13). The number of fused-ring (bicyclic) bond motifs is 1. The molecule has 0 aromatic carbocycles. The van der Waals surface area contributed by atoms with Crippen LogP contribution in [0.2, 0.25) is 0 Å². The SMILES string of the molecule is [N-]=[N+]=NCC(O)C(O)c1cnc2c(c1)CCN2. The summed E-state index contributed by atoms with van der Waals surface area (Å²) in [5, 5.41) is 25.8. The van der Waals surface area contributed by atoms with Crippen LogP contribution in [0.5, 0.6) is 0 Å². The summed E-state index contributed by atoms with van der Waals surface area (Å²) in [6, 6.07) is 1.81. The van der Waals surface area contributed by atoms with Gasteiger partial charge in [-0.25, -0.2) is 4.98 Å². The molecule has 3 N–H and O–H groups in total. The van der Waals surface area contributed by atoms with E-state index in [1.165, 1.54) is 6.20 Å². The Hall–Kier alpha value is -1.82. The number of hydrogen-bond donors (Lipinski definition) is 3. The number of rotatable bonds is 4. The van der Waals surface area contributed by atoms with Gasteiger partial charge in [0.2, 0.25) is 0 Å². The van der Waals surface area contributed by atoms with Gasteiger partial charge in [0.15, 0.2) is 0 Å². The first-order valence-electron chi connectivity index (χ1n) is 5.32. The van der Waals surface area contributed by atoms with Crippen LogP contribution in [0.15, 0.2) is 17.4 Å². The largest absolute Gasteiger partial charge is 0.390 e. The highest BCUT2D eigenvalue weighted by Crippen LogP contribution is 2.24. The van der Waals surface area contributed by atoms with E-state index in [-0.39, 0.29) is 6.54 Å². The molecule has 2 atom stereocenters. The van der Waals surface area contributed by atoms with Gasteiger partial charge in [0.05, 0.1) is 12.6 Å². The summed E-state index contributed by atoms with van der Waals surface area (Å²) in [7, 11) is 0. The third kappa shape index (κ3) is 2.47. The van der Waals surface area contributed by atoms with Crippen LogP contribution in [0, 0.1) is 0 Å². The summed E-state index contributed by atoms with van der Waals surface area (Å²) in [4.78, 5) is 6.70. The zero-order valence-corrected chi connectivity index (χ0v) is 9.11. The predicted molar refractivity (Wildman–Crippen MR) is 61.4 cm³/mol. The smallest absolute Gasteiger partial charge is 0.129 e. The highest BCUT2D eigenvalue weighted by Gasteiger charge is 2.20. The molecule has 17 heavy (non-hydrogen) atoms. The van der Waals surface area contributed by atoms with Crippen molar-refractivity contribution < 1.29 is 10.2 Å². The number of nitrogens with zero attached hydrogens (tertiary/aromatic N) is 4. The number of nitrogens with one attached hydrogen (secondary N) is 1. The molecule has 0 aliphatic carbocycles. The minimum atomic E-state index is -1.11. The molecule has 0 saturated heterocycles. The van der Waals surface area contributed by atoms with Crippen LogP contribution < -0.4 is 5.32 Å². The molecule has 1 aliphatic rings. The first-order chi connectivity index (χ1) is 8.22. The molecule has 1 aromatic heterocycles. The van der Waals surface area contributed by atoms with Crippen LogP contribution >= 0.6 is 0 Å². The van der Waals surface area contributed by atoms with Crippen LogP contribution in [0.4, 0.5) is 5.82 Å². The van der Waals surface area contributed by atoms with E-state index in [2.05, 4.69) is 20.3 Å². The van der Waals surface area contributed by atoms with Crippen molar-refractivity contribution in [2.24, 2.45) is 5.11 Å². The van der Waals surface area contributed by atoms with Gasteiger partial charge in [-0.15, -0.1) is 0 Å². The normalized spacial score (nSPS) is 16.6. The maximum absolute atomic E-state index is 9.85. The Balaban J connectivity index is 2.13. The Kier molecular flexibility index (Phi) is 3.43. The van der Waals surface area contributed by atoms with Crippen LogP contribution in [0.3, 0.4) is 0 Å². The summed E-state index contributed by atoms with van der Waals surface area (Å²) in [5.41, 5.74) is 9.70. The van der Waals surface area contributed by atoms with Crippen molar-refractivity contribution in [3.8, 4) is 0 Å². The molecule has 0 spiro atoms. The third-order valence-corrected chi connectivity index (χ3v) is 2.71. The monoisotopic (exact) mass is 235 g/mol. The number of hydrogen-bond acceptors (Lipinski definition) is 5. The summed E-state index contributed by atoms with van der Waals surface area (Å²) < 4.78 is 0. The number of aliphatic hydroxyl groups is 2. The van der Waals surface area contributed by atoms with E-state index in [1.54, 1.807) is 0 Å². The molecular formula is C10H13N5O2. The lowest BCUT2D eigenvalue weighted by molar-refractivity contribution is 0.0242. The summed E-state index contributed by atoms with van der Waals surface area (Å²) >= 11 is 0. The average Bonchev–Trinajstić information content (AvgIpc) is 2.81. The average molecular weight is 235 g/mol. The van der Waals surface area contributed by atoms with Crippen LogP contribution in [0.1, 0.15) is 17.2 Å². The zero-order chi connectivity index (χ0) is 12.3. The van der Waals surface area contributed by atoms with E-state index in [1.807, 2.05) is 6.07 Å². The molecule has 0 saturated carbocycles. The number of anilines is 1. The number of pyridine rings is 1.